The molecule has 0 amide bonds. The van der Waals surface area contributed by atoms with E-state index in [2.05, 4.69) is 181 Å². The Labute approximate surface area is 296 Å². The average molecular weight is 652 g/mol. The second kappa shape index (κ2) is 10.8. The number of hydrogen-bond acceptors (Lipinski definition) is 1. The SMILES string of the molecule is C1=CC(n2c3ccccc3c3ccccc32)CC2=C1c1ccc(-c3ccc4c(c3)oc3ccccc34)cc1C2(c1ccccc1)c1ccccc1. The normalized spacial score (nSPS) is 16.4. The molecule has 0 aliphatic heterocycles. The van der Waals surface area contributed by atoms with Gasteiger partial charge in [-0.2, -0.15) is 0 Å². The van der Waals surface area contributed by atoms with E-state index in [1.54, 1.807) is 0 Å². The predicted molar refractivity (Wildman–Crippen MR) is 211 cm³/mol. The molecule has 2 aromatic heterocycles. The van der Waals surface area contributed by atoms with Gasteiger partial charge in [-0.3, -0.25) is 0 Å². The lowest BCUT2D eigenvalue weighted by Gasteiger charge is -2.38. The summed E-state index contributed by atoms with van der Waals surface area (Å²) in [4.78, 5) is 0. The van der Waals surface area contributed by atoms with Crippen LogP contribution in [0.25, 0.3) is 60.4 Å². The third-order valence-corrected chi connectivity index (χ3v) is 11.5. The number of rotatable bonds is 4. The molecule has 0 bridgehead atoms. The summed E-state index contributed by atoms with van der Waals surface area (Å²) in [6.45, 7) is 0. The Kier molecular flexibility index (Phi) is 6.03. The Hall–Kier alpha value is -6.38. The zero-order chi connectivity index (χ0) is 33.5. The summed E-state index contributed by atoms with van der Waals surface area (Å²) in [7, 11) is 0. The van der Waals surface area contributed by atoms with Gasteiger partial charge in [0.1, 0.15) is 11.2 Å². The summed E-state index contributed by atoms with van der Waals surface area (Å²) in [6.07, 6.45) is 5.75. The van der Waals surface area contributed by atoms with Gasteiger partial charge in [0.15, 0.2) is 0 Å². The maximum Gasteiger partial charge on any atom is 0.136 e. The Morgan fingerprint density at radius 2 is 1.08 bits per heavy atom. The van der Waals surface area contributed by atoms with Gasteiger partial charge >= 0.3 is 0 Å². The fourth-order valence-electron chi connectivity index (χ4n) is 9.33. The van der Waals surface area contributed by atoms with Crippen molar-refractivity contribution in [3.8, 4) is 11.1 Å². The van der Waals surface area contributed by atoms with Crippen molar-refractivity contribution in [2.75, 3.05) is 0 Å². The molecule has 0 saturated heterocycles. The minimum atomic E-state index is -0.464. The standard InChI is InChI=1S/C49H33NO/c1-3-13-34(14-4-1)49(35-15-5-2-6-16-35)43-29-32(33-24-27-42-41-19-9-12-22-47(41)51-48(42)30-33)23-26-37(43)38-28-25-36(31-44(38)49)50-45-20-10-7-17-39(45)40-18-8-11-21-46(40)50/h1-30,36H,31H2. The second-order valence-corrected chi connectivity index (χ2v) is 14.0. The number of nitrogens with zero attached hydrogens (tertiary/aromatic N) is 1. The predicted octanol–water partition coefficient (Wildman–Crippen LogP) is 12.7. The van der Waals surface area contributed by atoms with E-state index in [1.807, 2.05) is 6.07 Å². The highest BCUT2D eigenvalue weighted by atomic mass is 16.3. The minimum absolute atomic E-state index is 0.157. The molecular weight excluding hydrogens is 619 g/mol. The average Bonchev–Trinajstić information content (AvgIpc) is 3.84. The molecule has 0 N–H and O–H groups in total. The first kappa shape index (κ1) is 28.5. The van der Waals surface area contributed by atoms with Crippen molar-refractivity contribution in [3.05, 3.63) is 210 Å². The summed E-state index contributed by atoms with van der Waals surface area (Å²) in [5.41, 5.74) is 14.3. The molecule has 2 aliphatic rings. The van der Waals surface area contributed by atoms with Crippen LogP contribution in [0.15, 0.2) is 192 Å². The number of hydrogen-bond donors (Lipinski definition) is 0. The van der Waals surface area contributed by atoms with Crippen LogP contribution in [0.2, 0.25) is 0 Å². The first-order valence-corrected chi connectivity index (χ1v) is 17.9. The van der Waals surface area contributed by atoms with Gasteiger partial charge in [-0.1, -0.05) is 146 Å². The van der Waals surface area contributed by atoms with Crippen LogP contribution in [-0.2, 0) is 5.41 Å². The van der Waals surface area contributed by atoms with Crippen molar-refractivity contribution in [2.24, 2.45) is 0 Å². The van der Waals surface area contributed by atoms with Crippen LogP contribution in [0.5, 0.6) is 0 Å². The maximum atomic E-state index is 6.35. The lowest BCUT2D eigenvalue weighted by Crippen LogP contribution is -2.31. The third-order valence-electron chi connectivity index (χ3n) is 11.5. The van der Waals surface area contributed by atoms with E-state index >= 15 is 0 Å². The molecule has 2 heteroatoms. The molecule has 51 heavy (non-hydrogen) atoms. The van der Waals surface area contributed by atoms with E-state index in [0.717, 1.165) is 33.9 Å². The van der Waals surface area contributed by atoms with Gasteiger partial charge < -0.3 is 8.98 Å². The molecule has 9 aromatic rings. The van der Waals surface area contributed by atoms with E-state index in [4.69, 9.17) is 4.42 Å². The Bertz CT molecular complexity index is 2790. The van der Waals surface area contributed by atoms with Crippen molar-refractivity contribution in [3.63, 3.8) is 0 Å². The molecule has 2 heterocycles. The molecule has 0 saturated carbocycles. The molecule has 11 rings (SSSR count). The summed E-state index contributed by atoms with van der Waals surface area (Å²) in [5, 5.41) is 4.91. The number of allylic oxidation sites excluding steroid dienone is 4. The molecule has 0 spiro atoms. The first-order valence-electron chi connectivity index (χ1n) is 17.9. The molecule has 7 aromatic carbocycles. The van der Waals surface area contributed by atoms with E-state index < -0.39 is 5.41 Å². The second-order valence-electron chi connectivity index (χ2n) is 14.0. The maximum absolute atomic E-state index is 6.35. The van der Waals surface area contributed by atoms with Crippen LogP contribution in [-0.4, -0.2) is 4.57 Å². The van der Waals surface area contributed by atoms with Crippen LogP contribution in [0.4, 0.5) is 0 Å². The fourth-order valence-corrected chi connectivity index (χ4v) is 9.33. The van der Waals surface area contributed by atoms with Gasteiger partial charge in [-0.25, -0.2) is 0 Å². The Balaban J connectivity index is 1.14. The Morgan fingerprint density at radius 1 is 0.510 bits per heavy atom. The molecular formula is C49H33NO. The van der Waals surface area contributed by atoms with E-state index in [9.17, 15) is 0 Å². The molecule has 2 nitrogen and oxygen atoms in total. The quantitative estimate of drug-likeness (QED) is 0.185. The highest BCUT2D eigenvalue weighted by molar-refractivity contribution is 6.08. The Morgan fingerprint density at radius 3 is 1.78 bits per heavy atom. The van der Waals surface area contributed by atoms with Crippen molar-refractivity contribution >= 4 is 49.3 Å². The fraction of sp³-hybridized carbons (Fsp3) is 0.0612. The number of aromatic nitrogens is 1. The van der Waals surface area contributed by atoms with E-state index in [-0.39, 0.29) is 6.04 Å². The first-order chi connectivity index (χ1) is 25.3. The smallest absolute Gasteiger partial charge is 0.136 e. The lowest BCUT2D eigenvalue weighted by atomic mass is 9.65. The highest BCUT2D eigenvalue weighted by Crippen LogP contribution is 2.59. The minimum Gasteiger partial charge on any atom is -0.456 e. The van der Waals surface area contributed by atoms with Crippen molar-refractivity contribution < 1.29 is 4.42 Å². The number of benzene rings is 7. The van der Waals surface area contributed by atoms with Gasteiger partial charge in [-0.05, 0) is 87.3 Å². The molecule has 240 valence electrons. The van der Waals surface area contributed by atoms with E-state index in [1.165, 1.54) is 60.8 Å². The largest absolute Gasteiger partial charge is 0.456 e. The van der Waals surface area contributed by atoms with Crippen molar-refractivity contribution in [1.82, 2.24) is 4.57 Å². The number of furan rings is 1. The number of fused-ring (bicyclic) bond motifs is 8. The highest BCUT2D eigenvalue weighted by Gasteiger charge is 2.48. The van der Waals surface area contributed by atoms with Crippen LogP contribution in [0.1, 0.15) is 34.7 Å². The van der Waals surface area contributed by atoms with Crippen LogP contribution in [0.3, 0.4) is 0 Å². The van der Waals surface area contributed by atoms with Gasteiger partial charge in [0, 0.05) is 32.6 Å². The van der Waals surface area contributed by atoms with Gasteiger partial charge in [0.2, 0.25) is 0 Å². The summed E-state index contributed by atoms with van der Waals surface area (Å²) in [5.74, 6) is 0. The van der Waals surface area contributed by atoms with Crippen LogP contribution < -0.4 is 0 Å². The van der Waals surface area contributed by atoms with Gasteiger partial charge in [0.25, 0.3) is 0 Å². The van der Waals surface area contributed by atoms with E-state index in [0.29, 0.717) is 0 Å². The topological polar surface area (TPSA) is 18.1 Å². The molecule has 2 aliphatic carbocycles. The summed E-state index contributed by atoms with van der Waals surface area (Å²) in [6, 6.07) is 62.4. The zero-order valence-electron chi connectivity index (χ0n) is 28.0. The summed E-state index contributed by atoms with van der Waals surface area (Å²) >= 11 is 0. The molecule has 0 radical (unpaired) electrons. The van der Waals surface area contributed by atoms with Crippen molar-refractivity contribution in [1.29, 1.82) is 0 Å². The molecule has 1 atom stereocenters. The van der Waals surface area contributed by atoms with Gasteiger partial charge in [-0.15, -0.1) is 0 Å². The third kappa shape index (κ3) is 3.99. The summed E-state index contributed by atoms with van der Waals surface area (Å²) < 4.78 is 8.92. The van der Waals surface area contributed by atoms with Crippen LogP contribution >= 0.6 is 0 Å². The van der Waals surface area contributed by atoms with Gasteiger partial charge in [0.05, 0.1) is 11.5 Å². The van der Waals surface area contributed by atoms with Crippen LogP contribution in [0, 0.1) is 0 Å². The van der Waals surface area contributed by atoms with Crippen molar-refractivity contribution in [2.45, 2.75) is 17.9 Å². The molecule has 1 unspecified atom stereocenters. The number of para-hydroxylation sites is 3. The zero-order valence-corrected chi connectivity index (χ0v) is 28.0. The molecule has 0 fully saturated rings. The monoisotopic (exact) mass is 651 g/mol. The lowest BCUT2D eigenvalue weighted by molar-refractivity contribution is 0.582.